The number of aromatic nitrogens is 2. The molecular weight excluding hydrogens is 238 g/mol. The van der Waals surface area contributed by atoms with Crippen molar-refractivity contribution in [2.45, 2.75) is 26.9 Å². The number of ether oxygens (including phenoxy) is 1. The van der Waals surface area contributed by atoms with Crippen molar-refractivity contribution < 1.29 is 8.95 Å². The van der Waals surface area contributed by atoms with Crippen LogP contribution in [-0.2, 0) is 10.8 Å². The average molecular weight is 257 g/mol. The van der Waals surface area contributed by atoms with Gasteiger partial charge in [-0.3, -0.25) is 4.21 Å². The lowest BCUT2D eigenvalue weighted by Gasteiger charge is -2.09. The molecule has 0 saturated carbocycles. The second-order valence-corrected chi connectivity index (χ2v) is 5.61. The summed E-state index contributed by atoms with van der Waals surface area (Å²) < 4.78 is 16.7. The first kappa shape index (κ1) is 13.9. The molecule has 6 heteroatoms. The molecule has 0 amide bonds. The Morgan fingerprint density at radius 3 is 2.94 bits per heavy atom. The van der Waals surface area contributed by atoms with Crippen molar-refractivity contribution in [2.24, 2.45) is 0 Å². The van der Waals surface area contributed by atoms with E-state index in [0.29, 0.717) is 29.9 Å². The number of nitrogens with one attached hydrogen (secondary N) is 1. The van der Waals surface area contributed by atoms with Crippen LogP contribution in [0.5, 0.6) is 5.88 Å². The molecule has 0 saturated heterocycles. The molecule has 96 valence electrons. The average Bonchev–Trinajstić information content (AvgIpc) is 2.28. The Morgan fingerprint density at radius 2 is 2.29 bits per heavy atom. The van der Waals surface area contributed by atoms with Crippen LogP contribution in [0.25, 0.3) is 0 Å². The zero-order chi connectivity index (χ0) is 12.7. The molecule has 0 aromatic carbocycles. The minimum atomic E-state index is -0.764. The summed E-state index contributed by atoms with van der Waals surface area (Å²) in [6, 6.07) is 1.72. The van der Waals surface area contributed by atoms with E-state index in [1.54, 1.807) is 12.3 Å². The summed E-state index contributed by atoms with van der Waals surface area (Å²) in [6.07, 6.45) is 1.73. The number of anilines is 1. The molecule has 1 aromatic rings. The van der Waals surface area contributed by atoms with Gasteiger partial charge < -0.3 is 10.1 Å². The lowest BCUT2D eigenvalue weighted by Crippen LogP contribution is -2.14. The van der Waals surface area contributed by atoms with Gasteiger partial charge in [0.2, 0.25) is 11.8 Å². The summed E-state index contributed by atoms with van der Waals surface area (Å²) in [6.45, 7) is 6.40. The van der Waals surface area contributed by atoms with Gasteiger partial charge in [-0.2, -0.15) is 4.98 Å². The van der Waals surface area contributed by atoms with E-state index in [2.05, 4.69) is 15.3 Å². The highest BCUT2D eigenvalue weighted by Crippen LogP contribution is 2.09. The number of hydrogen-bond acceptors (Lipinski definition) is 5. The molecule has 1 heterocycles. The van der Waals surface area contributed by atoms with Gasteiger partial charge in [0, 0.05) is 41.1 Å². The third kappa shape index (κ3) is 5.63. The minimum Gasteiger partial charge on any atom is -0.475 e. The molecule has 1 atom stereocenters. The Labute approximate surface area is 104 Å². The number of hydrogen-bond donors (Lipinski definition) is 1. The van der Waals surface area contributed by atoms with E-state index in [4.69, 9.17) is 4.74 Å². The van der Waals surface area contributed by atoms with Crippen LogP contribution in [0.3, 0.4) is 0 Å². The van der Waals surface area contributed by atoms with Crippen LogP contribution in [0.2, 0.25) is 0 Å². The predicted molar refractivity (Wildman–Crippen MR) is 69.8 cm³/mol. The summed E-state index contributed by atoms with van der Waals surface area (Å²) in [5.74, 6) is 2.35. The van der Waals surface area contributed by atoms with Crippen molar-refractivity contribution in [1.82, 2.24) is 9.97 Å². The third-order valence-electron chi connectivity index (χ3n) is 1.92. The molecule has 1 N–H and O–H groups in total. The van der Waals surface area contributed by atoms with Crippen molar-refractivity contribution >= 4 is 16.7 Å². The summed E-state index contributed by atoms with van der Waals surface area (Å²) in [5, 5.41) is 3.03. The Morgan fingerprint density at radius 1 is 1.53 bits per heavy atom. The largest absolute Gasteiger partial charge is 0.475 e. The zero-order valence-electron chi connectivity index (χ0n) is 10.5. The first-order chi connectivity index (χ1) is 8.11. The molecule has 5 nitrogen and oxygen atoms in total. The normalized spacial score (nSPS) is 12.5. The Kier molecular flexibility index (Phi) is 5.90. The maximum absolute atomic E-state index is 11.2. The number of rotatable bonds is 7. The first-order valence-electron chi connectivity index (χ1n) is 5.70. The van der Waals surface area contributed by atoms with Crippen molar-refractivity contribution in [3.05, 3.63) is 12.3 Å². The van der Waals surface area contributed by atoms with Gasteiger partial charge in [-0.1, -0.05) is 6.92 Å². The molecule has 1 rings (SSSR count). The maximum atomic E-state index is 11.2. The van der Waals surface area contributed by atoms with Crippen molar-refractivity contribution in [3.63, 3.8) is 0 Å². The molecule has 0 aliphatic heterocycles. The first-order valence-corrected chi connectivity index (χ1v) is 7.19. The summed E-state index contributed by atoms with van der Waals surface area (Å²) in [7, 11) is -0.764. The highest BCUT2D eigenvalue weighted by molar-refractivity contribution is 7.84. The van der Waals surface area contributed by atoms with E-state index in [0.717, 1.165) is 0 Å². The molecule has 17 heavy (non-hydrogen) atoms. The van der Waals surface area contributed by atoms with E-state index in [1.807, 2.05) is 20.8 Å². The van der Waals surface area contributed by atoms with Crippen LogP contribution in [0.15, 0.2) is 12.3 Å². The van der Waals surface area contributed by atoms with Gasteiger partial charge >= 0.3 is 0 Å². The Balaban J connectivity index is 2.45. The van der Waals surface area contributed by atoms with Gasteiger partial charge in [0.15, 0.2) is 0 Å². The minimum absolute atomic E-state index is 0.0883. The third-order valence-corrected chi connectivity index (χ3v) is 3.22. The summed E-state index contributed by atoms with van der Waals surface area (Å²) >= 11 is 0. The lowest BCUT2D eigenvalue weighted by atomic mass is 10.5. The maximum Gasteiger partial charge on any atom is 0.225 e. The molecule has 1 unspecified atom stereocenters. The van der Waals surface area contributed by atoms with Gasteiger partial charge in [-0.15, -0.1) is 0 Å². The van der Waals surface area contributed by atoms with Crippen LogP contribution < -0.4 is 10.1 Å². The van der Waals surface area contributed by atoms with E-state index >= 15 is 0 Å². The molecule has 1 aromatic heterocycles. The second-order valence-electron chi connectivity index (χ2n) is 3.74. The van der Waals surface area contributed by atoms with Gasteiger partial charge in [0.1, 0.15) is 0 Å². The second kappa shape index (κ2) is 7.21. The van der Waals surface area contributed by atoms with Gasteiger partial charge in [-0.25, -0.2) is 4.98 Å². The van der Waals surface area contributed by atoms with Crippen molar-refractivity contribution in [2.75, 3.05) is 23.4 Å². The fourth-order valence-corrected chi connectivity index (χ4v) is 1.77. The molecule has 0 radical (unpaired) electrons. The molecule has 0 aliphatic carbocycles. The standard InChI is InChI=1S/C11H19N3O2S/c1-4-17(15)8-7-13-11-12-6-5-10(14-11)16-9(2)3/h5-6,9H,4,7-8H2,1-3H3,(H,12,13,14). The van der Waals surface area contributed by atoms with Crippen LogP contribution >= 0.6 is 0 Å². The smallest absolute Gasteiger partial charge is 0.225 e. The molecule has 0 fully saturated rings. The van der Waals surface area contributed by atoms with Crippen LogP contribution in [0.1, 0.15) is 20.8 Å². The topological polar surface area (TPSA) is 64.1 Å². The fraction of sp³-hybridized carbons (Fsp3) is 0.636. The monoisotopic (exact) mass is 257 g/mol. The van der Waals surface area contributed by atoms with Crippen LogP contribution in [0.4, 0.5) is 5.95 Å². The predicted octanol–water partition coefficient (Wildman–Crippen LogP) is 1.44. The van der Waals surface area contributed by atoms with E-state index in [1.165, 1.54) is 0 Å². The number of nitrogens with zero attached hydrogens (tertiary/aromatic N) is 2. The highest BCUT2D eigenvalue weighted by Gasteiger charge is 2.02. The Bertz CT molecular complexity index is 371. The van der Waals surface area contributed by atoms with E-state index in [-0.39, 0.29) is 6.10 Å². The fourth-order valence-electron chi connectivity index (χ4n) is 1.16. The highest BCUT2D eigenvalue weighted by atomic mass is 32.2. The molecular formula is C11H19N3O2S. The summed E-state index contributed by atoms with van der Waals surface area (Å²) in [5.41, 5.74) is 0. The van der Waals surface area contributed by atoms with E-state index in [9.17, 15) is 4.21 Å². The van der Waals surface area contributed by atoms with Crippen LogP contribution in [0, 0.1) is 0 Å². The SMILES string of the molecule is CCS(=O)CCNc1nccc(OC(C)C)n1. The van der Waals surface area contributed by atoms with E-state index < -0.39 is 10.8 Å². The summed E-state index contributed by atoms with van der Waals surface area (Å²) in [4.78, 5) is 8.26. The van der Waals surface area contributed by atoms with Gasteiger partial charge in [-0.05, 0) is 13.8 Å². The van der Waals surface area contributed by atoms with Crippen molar-refractivity contribution in [3.8, 4) is 5.88 Å². The van der Waals surface area contributed by atoms with Crippen LogP contribution in [-0.4, -0.2) is 38.3 Å². The van der Waals surface area contributed by atoms with Gasteiger partial charge in [0.05, 0.1) is 6.10 Å². The van der Waals surface area contributed by atoms with Gasteiger partial charge in [0.25, 0.3) is 0 Å². The quantitative estimate of drug-likeness (QED) is 0.801. The lowest BCUT2D eigenvalue weighted by molar-refractivity contribution is 0.232. The Hall–Kier alpha value is -1.17. The zero-order valence-corrected chi connectivity index (χ0v) is 11.3. The molecule has 0 aliphatic rings. The molecule has 0 bridgehead atoms. The molecule has 0 spiro atoms. The van der Waals surface area contributed by atoms with Crippen molar-refractivity contribution in [1.29, 1.82) is 0 Å².